The van der Waals surface area contributed by atoms with Gasteiger partial charge in [0.2, 0.25) is 5.89 Å². The molecule has 0 aliphatic heterocycles. The molecule has 0 radical (unpaired) electrons. The third-order valence-corrected chi connectivity index (χ3v) is 5.11. The molecule has 1 heterocycles. The summed E-state index contributed by atoms with van der Waals surface area (Å²) >= 11 is 0. The smallest absolute Gasteiger partial charge is 0.377 e. The minimum absolute atomic E-state index is 0.00451. The van der Waals surface area contributed by atoms with Gasteiger partial charge in [-0.25, -0.2) is 4.79 Å². The second-order valence-corrected chi connectivity index (χ2v) is 6.43. The first-order valence-corrected chi connectivity index (χ1v) is 6.72. The van der Waals surface area contributed by atoms with Crippen LogP contribution in [0, 0.1) is 17.8 Å². The molecule has 0 amide bonds. The molecular formula is C13H16N2O3. The average Bonchev–Trinajstić information content (AvgIpc) is 2.76. The molecule has 4 aliphatic rings. The van der Waals surface area contributed by atoms with E-state index in [1.54, 1.807) is 0 Å². The lowest BCUT2D eigenvalue weighted by molar-refractivity contribution is -0.0201. The summed E-state index contributed by atoms with van der Waals surface area (Å²) in [5, 5.41) is 12.5. The highest BCUT2D eigenvalue weighted by molar-refractivity contribution is 5.82. The molecule has 5 nitrogen and oxygen atoms in total. The van der Waals surface area contributed by atoms with Crippen molar-refractivity contribution in [2.24, 2.45) is 17.8 Å². The molecule has 0 saturated heterocycles. The first-order chi connectivity index (χ1) is 8.64. The molecule has 4 aliphatic carbocycles. The molecule has 5 heteroatoms. The Morgan fingerprint density at radius 1 is 1.17 bits per heavy atom. The number of rotatable bonds is 2. The Balaban J connectivity index is 1.72. The SMILES string of the molecule is O=C(O)c1noc(C23CC4CC(CC(C4)C2)C3)n1. The molecule has 4 fully saturated rings. The van der Waals surface area contributed by atoms with Gasteiger partial charge in [0.15, 0.2) is 0 Å². The monoisotopic (exact) mass is 248 g/mol. The van der Waals surface area contributed by atoms with Gasteiger partial charge in [-0.1, -0.05) is 0 Å². The fraction of sp³-hybridized carbons (Fsp3) is 0.769. The van der Waals surface area contributed by atoms with E-state index in [4.69, 9.17) is 9.63 Å². The lowest BCUT2D eigenvalue weighted by Crippen LogP contribution is -2.48. The predicted molar refractivity (Wildman–Crippen MR) is 61.1 cm³/mol. The van der Waals surface area contributed by atoms with Crippen molar-refractivity contribution in [2.45, 2.75) is 43.9 Å². The zero-order valence-electron chi connectivity index (χ0n) is 10.1. The van der Waals surface area contributed by atoms with Crippen molar-refractivity contribution in [3.05, 3.63) is 11.7 Å². The van der Waals surface area contributed by atoms with Crippen LogP contribution in [0.1, 0.15) is 55.0 Å². The topological polar surface area (TPSA) is 76.2 Å². The van der Waals surface area contributed by atoms with E-state index in [1.807, 2.05) is 0 Å². The van der Waals surface area contributed by atoms with Gasteiger partial charge in [-0.05, 0) is 61.4 Å². The van der Waals surface area contributed by atoms with Crippen LogP contribution in [-0.2, 0) is 5.41 Å². The van der Waals surface area contributed by atoms with Crippen LogP contribution < -0.4 is 0 Å². The number of nitrogens with zero attached hydrogens (tertiary/aromatic N) is 2. The highest BCUT2D eigenvalue weighted by atomic mass is 16.5. The van der Waals surface area contributed by atoms with Gasteiger partial charge in [0.1, 0.15) is 0 Å². The van der Waals surface area contributed by atoms with Gasteiger partial charge in [-0.15, -0.1) is 0 Å². The summed E-state index contributed by atoms with van der Waals surface area (Å²) in [5.41, 5.74) is -0.00451. The van der Waals surface area contributed by atoms with Crippen LogP contribution in [0.4, 0.5) is 0 Å². The normalized spacial score (nSPS) is 41.2. The molecular weight excluding hydrogens is 232 g/mol. The number of aromatic carboxylic acids is 1. The van der Waals surface area contributed by atoms with Crippen molar-refractivity contribution < 1.29 is 14.4 Å². The Bertz CT molecular complexity index is 473. The predicted octanol–water partition coefficient (Wildman–Crippen LogP) is 2.24. The van der Waals surface area contributed by atoms with Gasteiger partial charge in [0.25, 0.3) is 5.82 Å². The second-order valence-electron chi connectivity index (χ2n) is 6.43. The highest BCUT2D eigenvalue weighted by Gasteiger charge is 2.54. The van der Waals surface area contributed by atoms with Crippen LogP contribution in [0.3, 0.4) is 0 Å². The summed E-state index contributed by atoms with van der Waals surface area (Å²) in [6, 6.07) is 0. The lowest BCUT2D eigenvalue weighted by Gasteiger charge is -2.55. The van der Waals surface area contributed by atoms with Crippen LogP contribution in [-0.4, -0.2) is 21.2 Å². The van der Waals surface area contributed by atoms with Crippen LogP contribution in [0.2, 0.25) is 0 Å². The summed E-state index contributed by atoms with van der Waals surface area (Å²) in [4.78, 5) is 15.0. The third kappa shape index (κ3) is 1.36. The average molecular weight is 248 g/mol. The van der Waals surface area contributed by atoms with Crippen LogP contribution >= 0.6 is 0 Å². The summed E-state index contributed by atoms with van der Waals surface area (Å²) in [6.07, 6.45) is 7.37. The molecule has 18 heavy (non-hydrogen) atoms. The Morgan fingerprint density at radius 2 is 1.72 bits per heavy atom. The van der Waals surface area contributed by atoms with Crippen LogP contribution in [0.5, 0.6) is 0 Å². The highest BCUT2D eigenvalue weighted by Crippen LogP contribution is 2.60. The maximum absolute atomic E-state index is 10.9. The first kappa shape index (κ1) is 10.5. The maximum Gasteiger partial charge on any atom is 0.377 e. The molecule has 0 spiro atoms. The van der Waals surface area contributed by atoms with Crippen molar-refractivity contribution in [3.8, 4) is 0 Å². The van der Waals surface area contributed by atoms with E-state index >= 15 is 0 Å². The largest absolute Gasteiger partial charge is 0.475 e. The summed E-state index contributed by atoms with van der Waals surface area (Å²) in [7, 11) is 0. The molecule has 4 saturated carbocycles. The van der Waals surface area contributed by atoms with Gasteiger partial charge in [0.05, 0.1) is 5.41 Å². The molecule has 4 bridgehead atoms. The number of hydrogen-bond donors (Lipinski definition) is 1. The van der Waals surface area contributed by atoms with Crippen molar-refractivity contribution in [1.82, 2.24) is 10.1 Å². The maximum atomic E-state index is 10.9. The quantitative estimate of drug-likeness (QED) is 0.868. The summed E-state index contributed by atoms with van der Waals surface area (Å²) in [5.74, 6) is 1.65. The van der Waals surface area contributed by atoms with Gasteiger partial charge in [0, 0.05) is 0 Å². The van der Waals surface area contributed by atoms with E-state index in [-0.39, 0.29) is 11.2 Å². The number of hydrogen-bond acceptors (Lipinski definition) is 4. The Kier molecular flexibility index (Phi) is 1.95. The lowest BCUT2D eigenvalue weighted by atomic mass is 9.49. The van der Waals surface area contributed by atoms with Crippen molar-refractivity contribution in [2.75, 3.05) is 0 Å². The van der Waals surface area contributed by atoms with E-state index in [1.165, 1.54) is 19.3 Å². The molecule has 1 aromatic rings. The minimum atomic E-state index is -1.10. The van der Waals surface area contributed by atoms with Crippen LogP contribution in [0.15, 0.2) is 4.52 Å². The molecule has 1 N–H and O–H groups in total. The Labute approximate surface area is 105 Å². The van der Waals surface area contributed by atoms with E-state index in [9.17, 15) is 4.79 Å². The van der Waals surface area contributed by atoms with E-state index in [0.29, 0.717) is 5.89 Å². The zero-order chi connectivity index (χ0) is 12.3. The van der Waals surface area contributed by atoms with Gasteiger partial charge in [-0.2, -0.15) is 4.98 Å². The molecule has 0 unspecified atom stereocenters. The number of carboxylic acid groups (broad SMARTS) is 1. The number of carboxylic acids is 1. The Hall–Kier alpha value is -1.39. The molecule has 5 rings (SSSR count). The third-order valence-electron chi connectivity index (χ3n) is 5.11. The van der Waals surface area contributed by atoms with E-state index < -0.39 is 5.97 Å². The van der Waals surface area contributed by atoms with Gasteiger partial charge in [-0.3, -0.25) is 0 Å². The molecule has 0 atom stereocenters. The second kappa shape index (κ2) is 3.33. The first-order valence-electron chi connectivity index (χ1n) is 6.72. The van der Waals surface area contributed by atoms with Crippen molar-refractivity contribution in [1.29, 1.82) is 0 Å². The van der Waals surface area contributed by atoms with Crippen LogP contribution in [0.25, 0.3) is 0 Å². The number of aromatic nitrogens is 2. The van der Waals surface area contributed by atoms with Gasteiger partial charge < -0.3 is 9.63 Å². The standard InChI is InChI=1S/C13H16N2O3/c16-11(17)10-14-12(18-15-10)13-4-7-1-8(5-13)3-9(2-7)6-13/h7-9H,1-6H2,(H,16,17). The zero-order valence-corrected chi connectivity index (χ0v) is 10.1. The van der Waals surface area contributed by atoms with Gasteiger partial charge >= 0.3 is 5.97 Å². The molecule has 96 valence electrons. The number of carbonyl (C=O) groups is 1. The summed E-state index contributed by atoms with van der Waals surface area (Å²) in [6.45, 7) is 0. The Morgan fingerprint density at radius 3 is 2.17 bits per heavy atom. The van der Waals surface area contributed by atoms with E-state index in [0.717, 1.165) is 37.0 Å². The molecule has 0 aromatic carbocycles. The minimum Gasteiger partial charge on any atom is -0.475 e. The fourth-order valence-electron chi connectivity index (χ4n) is 4.90. The summed E-state index contributed by atoms with van der Waals surface area (Å²) < 4.78 is 5.27. The van der Waals surface area contributed by atoms with Crippen molar-refractivity contribution >= 4 is 5.97 Å². The van der Waals surface area contributed by atoms with Crippen molar-refractivity contribution in [3.63, 3.8) is 0 Å². The van der Waals surface area contributed by atoms with E-state index in [2.05, 4.69) is 10.1 Å². The molecule has 1 aromatic heterocycles. The fourth-order valence-corrected chi connectivity index (χ4v) is 4.90.